The molecule has 1 aromatic heterocycles. The number of halogens is 1. The summed E-state index contributed by atoms with van der Waals surface area (Å²) in [4.78, 5) is 8.16. The number of aliphatic hydroxyl groups is 1. The van der Waals surface area contributed by atoms with Crippen molar-refractivity contribution >= 4 is 17.4 Å². The van der Waals surface area contributed by atoms with Crippen molar-refractivity contribution in [3.8, 4) is 0 Å². The van der Waals surface area contributed by atoms with E-state index in [2.05, 4.69) is 15.3 Å². The van der Waals surface area contributed by atoms with Crippen molar-refractivity contribution in [3.05, 3.63) is 17.0 Å². The second-order valence-electron chi connectivity index (χ2n) is 4.41. The highest BCUT2D eigenvalue weighted by Crippen LogP contribution is 2.27. The first-order chi connectivity index (χ1) is 8.56. The van der Waals surface area contributed by atoms with Gasteiger partial charge in [0.1, 0.15) is 17.3 Å². The Hall–Kier alpha value is -0.910. The van der Waals surface area contributed by atoms with Gasteiger partial charge in [0, 0.05) is 19.2 Å². The lowest BCUT2D eigenvalue weighted by molar-refractivity contribution is 0.0615. The summed E-state index contributed by atoms with van der Waals surface area (Å²) in [6, 6.07) is 0. The van der Waals surface area contributed by atoms with E-state index in [-0.39, 0.29) is 5.92 Å². The van der Waals surface area contributed by atoms with E-state index in [1.807, 2.05) is 13.8 Å². The molecule has 0 aliphatic carbocycles. The van der Waals surface area contributed by atoms with Gasteiger partial charge in [-0.1, -0.05) is 25.4 Å². The van der Waals surface area contributed by atoms with Crippen LogP contribution in [-0.2, 0) is 4.74 Å². The SMILES string of the molecule is COCC(O)CCNc1ncnc(Cl)c1C(C)C. The lowest BCUT2D eigenvalue weighted by atomic mass is 10.1. The van der Waals surface area contributed by atoms with Gasteiger partial charge < -0.3 is 15.2 Å². The van der Waals surface area contributed by atoms with Crippen molar-refractivity contribution in [2.45, 2.75) is 32.3 Å². The van der Waals surface area contributed by atoms with Crippen molar-refractivity contribution in [1.82, 2.24) is 9.97 Å². The minimum Gasteiger partial charge on any atom is -0.391 e. The van der Waals surface area contributed by atoms with Gasteiger partial charge in [-0.15, -0.1) is 0 Å². The monoisotopic (exact) mass is 273 g/mol. The van der Waals surface area contributed by atoms with E-state index in [1.165, 1.54) is 6.33 Å². The molecule has 1 rings (SSSR count). The van der Waals surface area contributed by atoms with Gasteiger partial charge in [0.15, 0.2) is 0 Å². The molecule has 1 heterocycles. The number of methoxy groups -OCH3 is 1. The van der Waals surface area contributed by atoms with Gasteiger partial charge in [-0.05, 0) is 12.3 Å². The largest absolute Gasteiger partial charge is 0.391 e. The summed E-state index contributed by atoms with van der Waals surface area (Å²) in [5.41, 5.74) is 0.903. The Kier molecular flexibility index (Phi) is 6.32. The maximum absolute atomic E-state index is 9.54. The molecule has 0 fully saturated rings. The van der Waals surface area contributed by atoms with Crippen LogP contribution >= 0.6 is 11.6 Å². The standard InChI is InChI=1S/C12H20ClN3O2/c1-8(2)10-11(13)15-7-16-12(10)14-5-4-9(17)6-18-3/h7-9,17H,4-6H2,1-3H3,(H,14,15,16). The first-order valence-corrected chi connectivity index (χ1v) is 6.35. The van der Waals surface area contributed by atoms with Gasteiger partial charge in [-0.25, -0.2) is 9.97 Å². The molecule has 5 nitrogen and oxygen atoms in total. The molecule has 0 amide bonds. The lowest BCUT2D eigenvalue weighted by Crippen LogP contribution is -2.19. The van der Waals surface area contributed by atoms with Crippen molar-refractivity contribution < 1.29 is 9.84 Å². The summed E-state index contributed by atoms with van der Waals surface area (Å²) in [5.74, 6) is 0.972. The molecular formula is C12H20ClN3O2. The van der Waals surface area contributed by atoms with Crippen LogP contribution < -0.4 is 5.32 Å². The van der Waals surface area contributed by atoms with Crippen molar-refractivity contribution in [2.24, 2.45) is 0 Å². The van der Waals surface area contributed by atoms with Crippen LogP contribution in [0.2, 0.25) is 5.15 Å². The van der Waals surface area contributed by atoms with E-state index in [9.17, 15) is 5.11 Å². The Morgan fingerprint density at radius 2 is 2.17 bits per heavy atom. The molecule has 18 heavy (non-hydrogen) atoms. The highest BCUT2D eigenvalue weighted by molar-refractivity contribution is 6.30. The van der Waals surface area contributed by atoms with Gasteiger partial charge in [-0.3, -0.25) is 0 Å². The van der Waals surface area contributed by atoms with Gasteiger partial charge in [0.05, 0.1) is 12.7 Å². The maximum Gasteiger partial charge on any atom is 0.138 e. The summed E-state index contributed by atoms with van der Waals surface area (Å²) in [6.07, 6.45) is 1.55. The number of ether oxygens (including phenoxy) is 1. The quantitative estimate of drug-likeness (QED) is 0.745. The lowest BCUT2D eigenvalue weighted by Gasteiger charge is -2.15. The number of hydrogen-bond acceptors (Lipinski definition) is 5. The molecule has 0 spiro atoms. The average Bonchev–Trinajstić information content (AvgIpc) is 2.28. The maximum atomic E-state index is 9.54. The third kappa shape index (κ3) is 4.40. The molecule has 0 aromatic carbocycles. The summed E-state index contributed by atoms with van der Waals surface area (Å²) in [6.45, 7) is 5.02. The molecule has 6 heteroatoms. The molecule has 1 aromatic rings. The first kappa shape index (κ1) is 15.1. The Morgan fingerprint density at radius 3 is 2.78 bits per heavy atom. The molecule has 0 aliphatic heterocycles. The zero-order chi connectivity index (χ0) is 13.5. The van der Waals surface area contributed by atoms with Crippen LogP contribution in [0, 0.1) is 0 Å². The highest BCUT2D eigenvalue weighted by Gasteiger charge is 2.13. The van der Waals surface area contributed by atoms with E-state index in [4.69, 9.17) is 16.3 Å². The summed E-state index contributed by atoms with van der Waals surface area (Å²) in [7, 11) is 1.57. The van der Waals surface area contributed by atoms with Crippen molar-refractivity contribution in [1.29, 1.82) is 0 Å². The van der Waals surface area contributed by atoms with Crippen LogP contribution in [0.1, 0.15) is 31.7 Å². The van der Waals surface area contributed by atoms with Gasteiger partial charge in [0.2, 0.25) is 0 Å². The topological polar surface area (TPSA) is 67.3 Å². The molecule has 0 saturated heterocycles. The molecule has 0 saturated carbocycles. The fourth-order valence-corrected chi connectivity index (χ4v) is 2.01. The van der Waals surface area contributed by atoms with Crippen LogP contribution in [0.5, 0.6) is 0 Å². The molecule has 0 radical (unpaired) electrons. The second kappa shape index (κ2) is 7.51. The summed E-state index contributed by atoms with van der Waals surface area (Å²) >= 11 is 6.06. The van der Waals surface area contributed by atoms with Crippen molar-refractivity contribution in [2.75, 3.05) is 25.6 Å². The first-order valence-electron chi connectivity index (χ1n) is 5.97. The molecule has 0 aliphatic rings. The minimum atomic E-state index is -0.470. The Labute approximate surface area is 113 Å². The molecule has 1 atom stereocenters. The van der Waals surface area contributed by atoms with Crippen LogP contribution in [0.4, 0.5) is 5.82 Å². The third-order valence-electron chi connectivity index (χ3n) is 2.54. The number of nitrogens with zero attached hydrogens (tertiary/aromatic N) is 2. The van der Waals surface area contributed by atoms with E-state index in [0.29, 0.717) is 24.7 Å². The molecule has 1 unspecified atom stereocenters. The fraction of sp³-hybridized carbons (Fsp3) is 0.667. The zero-order valence-corrected chi connectivity index (χ0v) is 11.7. The number of rotatable bonds is 7. The number of aliphatic hydroxyl groups excluding tert-OH is 1. The normalized spacial score (nSPS) is 12.8. The number of anilines is 1. The molecule has 2 N–H and O–H groups in total. The number of nitrogens with one attached hydrogen (secondary N) is 1. The number of hydrogen-bond donors (Lipinski definition) is 2. The predicted octanol–water partition coefficient (Wildman–Crippen LogP) is 2.06. The van der Waals surface area contributed by atoms with Gasteiger partial charge >= 0.3 is 0 Å². The van der Waals surface area contributed by atoms with Crippen LogP contribution in [0.3, 0.4) is 0 Å². The Bertz CT molecular complexity index is 374. The van der Waals surface area contributed by atoms with Crippen LogP contribution in [0.25, 0.3) is 0 Å². The smallest absolute Gasteiger partial charge is 0.138 e. The minimum absolute atomic E-state index is 0.241. The van der Waals surface area contributed by atoms with Gasteiger partial charge in [-0.2, -0.15) is 0 Å². The third-order valence-corrected chi connectivity index (χ3v) is 2.84. The van der Waals surface area contributed by atoms with Crippen LogP contribution in [-0.4, -0.2) is 41.4 Å². The number of aromatic nitrogens is 2. The van der Waals surface area contributed by atoms with Crippen LogP contribution in [0.15, 0.2) is 6.33 Å². The second-order valence-corrected chi connectivity index (χ2v) is 4.76. The highest BCUT2D eigenvalue weighted by atomic mass is 35.5. The Morgan fingerprint density at radius 1 is 1.44 bits per heavy atom. The fourth-order valence-electron chi connectivity index (χ4n) is 1.66. The van der Waals surface area contributed by atoms with E-state index in [1.54, 1.807) is 7.11 Å². The predicted molar refractivity (Wildman–Crippen MR) is 72.1 cm³/mol. The molecule has 102 valence electrons. The molecular weight excluding hydrogens is 254 g/mol. The van der Waals surface area contributed by atoms with E-state index in [0.717, 1.165) is 11.4 Å². The summed E-state index contributed by atoms with van der Waals surface area (Å²) in [5, 5.41) is 13.2. The van der Waals surface area contributed by atoms with Gasteiger partial charge in [0.25, 0.3) is 0 Å². The Balaban J connectivity index is 2.59. The summed E-state index contributed by atoms with van der Waals surface area (Å²) < 4.78 is 4.86. The average molecular weight is 274 g/mol. The molecule has 0 bridgehead atoms. The van der Waals surface area contributed by atoms with Crippen molar-refractivity contribution in [3.63, 3.8) is 0 Å². The van der Waals surface area contributed by atoms with E-state index >= 15 is 0 Å². The zero-order valence-electron chi connectivity index (χ0n) is 11.0. The van der Waals surface area contributed by atoms with E-state index < -0.39 is 6.10 Å².